The molecule has 27 heavy (non-hydrogen) atoms. The number of halogens is 1. The fourth-order valence-corrected chi connectivity index (χ4v) is 2.84. The van der Waals surface area contributed by atoms with E-state index in [2.05, 4.69) is 19.2 Å². The third-order valence-corrected chi connectivity index (χ3v) is 4.24. The quantitative estimate of drug-likeness (QED) is 0.834. The van der Waals surface area contributed by atoms with Crippen molar-refractivity contribution in [2.75, 3.05) is 43.1 Å². The Morgan fingerprint density at radius 2 is 2.00 bits per heavy atom. The molecular weight excluding hydrogens is 347 g/mol. The zero-order chi connectivity index (χ0) is 19.2. The van der Waals surface area contributed by atoms with E-state index in [-0.39, 0.29) is 11.7 Å². The topological polar surface area (TPSA) is 50.8 Å². The van der Waals surface area contributed by atoms with Crippen LogP contribution in [0.25, 0.3) is 0 Å². The molecule has 0 atom stereocenters. The number of hydrogen-bond donors (Lipinski definition) is 1. The van der Waals surface area contributed by atoms with E-state index < -0.39 is 0 Å². The van der Waals surface area contributed by atoms with E-state index in [1.54, 1.807) is 30.3 Å². The number of rotatable bonds is 6. The van der Waals surface area contributed by atoms with Gasteiger partial charge in [0, 0.05) is 24.3 Å². The van der Waals surface area contributed by atoms with Gasteiger partial charge in [-0.3, -0.25) is 4.79 Å². The van der Waals surface area contributed by atoms with Crippen LogP contribution in [0.3, 0.4) is 0 Å². The summed E-state index contributed by atoms with van der Waals surface area (Å²) in [6, 6.07) is 11.7. The summed E-state index contributed by atoms with van der Waals surface area (Å²) < 4.78 is 25.4. The molecule has 6 heteroatoms. The molecule has 1 heterocycles. The van der Waals surface area contributed by atoms with Crippen LogP contribution in [0.2, 0.25) is 0 Å². The number of nitrogens with one attached hydrogen (secondary N) is 1. The summed E-state index contributed by atoms with van der Waals surface area (Å²) in [6.45, 7) is 7.20. The van der Waals surface area contributed by atoms with Crippen molar-refractivity contribution in [1.82, 2.24) is 0 Å². The zero-order valence-corrected chi connectivity index (χ0v) is 15.7. The predicted octanol–water partition coefficient (Wildman–Crippen LogP) is 3.95. The van der Waals surface area contributed by atoms with Crippen molar-refractivity contribution in [2.24, 2.45) is 5.92 Å². The van der Waals surface area contributed by atoms with Gasteiger partial charge < -0.3 is 19.7 Å². The van der Waals surface area contributed by atoms with Crippen LogP contribution in [-0.2, 0) is 4.74 Å². The minimum Gasteiger partial charge on any atom is -0.493 e. The molecule has 2 aromatic carbocycles. The number of anilines is 2. The maximum atomic E-state index is 14.5. The lowest BCUT2D eigenvalue weighted by atomic mass is 10.2. The molecule has 1 N–H and O–H groups in total. The Kier molecular flexibility index (Phi) is 6.29. The summed E-state index contributed by atoms with van der Waals surface area (Å²) in [7, 11) is 0. The molecule has 1 aliphatic heterocycles. The minimum absolute atomic E-state index is 0.302. The third kappa shape index (κ3) is 5.20. The molecule has 1 fully saturated rings. The molecule has 1 aliphatic rings. The van der Waals surface area contributed by atoms with Crippen LogP contribution in [0.5, 0.6) is 5.75 Å². The highest BCUT2D eigenvalue weighted by atomic mass is 19.1. The fourth-order valence-electron chi connectivity index (χ4n) is 2.84. The van der Waals surface area contributed by atoms with Crippen molar-refractivity contribution in [3.05, 3.63) is 53.8 Å². The average Bonchev–Trinajstić information content (AvgIpc) is 2.67. The van der Waals surface area contributed by atoms with E-state index >= 15 is 0 Å². The number of benzene rings is 2. The largest absolute Gasteiger partial charge is 0.493 e. The van der Waals surface area contributed by atoms with E-state index in [1.807, 2.05) is 11.0 Å². The van der Waals surface area contributed by atoms with Gasteiger partial charge in [0.25, 0.3) is 5.91 Å². The summed E-state index contributed by atoms with van der Waals surface area (Å²) in [5.41, 5.74) is 1.41. The van der Waals surface area contributed by atoms with E-state index in [0.717, 1.165) is 0 Å². The average molecular weight is 372 g/mol. The van der Waals surface area contributed by atoms with Crippen molar-refractivity contribution in [2.45, 2.75) is 13.8 Å². The molecule has 2 aromatic rings. The maximum absolute atomic E-state index is 14.5. The molecule has 3 rings (SSSR count). The lowest BCUT2D eigenvalue weighted by Gasteiger charge is -2.29. The molecule has 5 nitrogen and oxygen atoms in total. The monoisotopic (exact) mass is 372 g/mol. The molecular formula is C21H25FN2O3. The number of hydrogen-bond acceptors (Lipinski definition) is 4. The first-order valence-electron chi connectivity index (χ1n) is 9.19. The molecule has 144 valence electrons. The molecule has 0 aliphatic carbocycles. The van der Waals surface area contributed by atoms with Crippen LogP contribution < -0.4 is 15.0 Å². The van der Waals surface area contributed by atoms with Crippen molar-refractivity contribution in [3.63, 3.8) is 0 Å². The Labute approximate surface area is 159 Å². The third-order valence-electron chi connectivity index (χ3n) is 4.24. The highest BCUT2D eigenvalue weighted by Crippen LogP contribution is 2.24. The smallest absolute Gasteiger partial charge is 0.255 e. The minimum atomic E-state index is -0.358. The number of nitrogens with zero attached hydrogens (tertiary/aromatic N) is 1. The lowest BCUT2D eigenvalue weighted by Crippen LogP contribution is -2.36. The first kappa shape index (κ1) is 19.2. The summed E-state index contributed by atoms with van der Waals surface area (Å²) in [5, 5.41) is 2.74. The van der Waals surface area contributed by atoms with Gasteiger partial charge in [0.1, 0.15) is 11.6 Å². The number of ether oxygens (including phenoxy) is 2. The second kappa shape index (κ2) is 8.86. The standard InChI is InChI=1S/C21H25FN2O3/c1-15(2)14-27-18-5-3-4-16(12-18)21(25)23-17-6-7-20(19(22)13-17)24-8-10-26-11-9-24/h3-7,12-13,15H,8-11,14H2,1-2H3,(H,23,25). The molecule has 0 unspecified atom stereocenters. The highest BCUT2D eigenvalue weighted by molar-refractivity contribution is 6.04. The van der Waals surface area contributed by atoms with Crippen LogP contribution in [0, 0.1) is 11.7 Å². The van der Waals surface area contributed by atoms with Gasteiger partial charge in [-0.05, 0) is 42.3 Å². The Hall–Kier alpha value is -2.60. The molecule has 1 saturated heterocycles. The van der Waals surface area contributed by atoms with Gasteiger partial charge in [-0.2, -0.15) is 0 Å². The Morgan fingerprint density at radius 1 is 1.22 bits per heavy atom. The van der Waals surface area contributed by atoms with Gasteiger partial charge in [-0.25, -0.2) is 4.39 Å². The van der Waals surface area contributed by atoms with Crippen molar-refractivity contribution >= 4 is 17.3 Å². The molecule has 0 bridgehead atoms. The van der Waals surface area contributed by atoms with Crippen LogP contribution in [-0.4, -0.2) is 38.8 Å². The summed E-state index contributed by atoms with van der Waals surface area (Å²) in [5.74, 6) is 0.382. The van der Waals surface area contributed by atoms with Crippen LogP contribution in [0.1, 0.15) is 24.2 Å². The van der Waals surface area contributed by atoms with E-state index in [1.165, 1.54) is 6.07 Å². The van der Waals surface area contributed by atoms with Crippen molar-refractivity contribution in [1.29, 1.82) is 0 Å². The van der Waals surface area contributed by atoms with Gasteiger partial charge in [-0.15, -0.1) is 0 Å². The Bertz CT molecular complexity index is 789. The normalized spacial score (nSPS) is 14.3. The maximum Gasteiger partial charge on any atom is 0.255 e. The first-order chi connectivity index (χ1) is 13.0. The van der Waals surface area contributed by atoms with Gasteiger partial charge in [-0.1, -0.05) is 19.9 Å². The van der Waals surface area contributed by atoms with E-state index in [4.69, 9.17) is 9.47 Å². The Balaban J connectivity index is 1.67. The molecule has 0 aromatic heterocycles. The van der Waals surface area contributed by atoms with Gasteiger partial charge in [0.15, 0.2) is 0 Å². The molecule has 1 amide bonds. The number of amides is 1. The number of morpholine rings is 1. The van der Waals surface area contributed by atoms with E-state index in [0.29, 0.717) is 61.5 Å². The highest BCUT2D eigenvalue weighted by Gasteiger charge is 2.16. The number of carbonyl (C=O) groups is 1. The molecule has 0 saturated carbocycles. The SMILES string of the molecule is CC(C)COc1cccc(C(=O)Nc2ccc(N3CCOCC3)c(F)c2)c1. The van der Waals surface area contributed by atoms with Crippen molar-refractivity contribution in [3.8, 4) is 5.75 Å². The fraction of sp³-hybridized carbons (Fsp3) is 0.381. The summed E-state index contributed by atoms with van der Waals surface area (Å²) >= 11 is 0. The molecule has 0 spiro atoms. The van der Waals surface area contributed by atoms with Crippen LogP contribution in [0.4, 0.5) is 15.8 Å². The summed E-state index contributed by atoms with van der Waals surface area (Å²) in [4.78, 5) is 14.4. The number of carbonyl (C=O) groups excluding carboxylic acids is 1. The van der Waals surface area contributed by atoms with E-state index in [9.17, 15) is 9.18 Å². The second-order valence-corrected chi connectivity index (χ2v) is 6.95. The van der Waals surface area contributed by atoms with Gasteiger partial charge in [0.05, 0.1) is 25.5 Å². The molecule has 0 radical (unpaired) electrons. The second-order valence-electron chi connectivity index (χ2n) is 6.95. The Morgan fingerprint density at radius 3 is 2.70 bits per heavy atom. The van der Waals surface area contributed by atoms with Gasteiger partial charge >= 0.3 is 0 Å². The van der Waals surface area contributed by atoms with Crippen LogP contribution >= 0.6 is 0 Å². The lowest BCUT2D eigenvalue weighted by molar-refractivity contribution is 0.102. The zero-order valence-electron chi connectivity index (χ0n) is 15.7. The van der Waals surface area contributed by atoms with Crippen molar-refractivity contribution < 1.29 is 18.7 Å². The summed E-state index contributed by atoms with van der Waals surface area (Å²) in [6.07, 6.45) is 0. The van der Waals surface area contributed by atoms with Gasteiger partial charge in [0.2, 0.25) is 0 Å². The van der Waals surface area contributed by atoms with Crippen LogP contribution in [0.15, 0.2) is 42.5 Å². The first-order valence-corrected chi connectivity index (χ1v) is 9.19. The predicted molar refractivity (Wildman–Crippen MR) is 104 cm³/mol.